The number of hydrogen-bond donors (Lipinski definition) is 2. The average Bonchev–Trinajstić information content (AvgIpc) is 2.24. The SMILES string of the molecule is CN1CCC(O)(C2CCSNC2)CC1.Cl. The maximum Gasteiger partial charge on any atom is 0.0712 e. The smallest absolute Gasteiger partial charge is 0.0712 e. The molecule has 2 rings (SSSR count). The topological polar surface area (TPSA) is 35.5 Å². The van der Waals surface area contributed by atoms with Gasteiger partial charge in [0.05, 0.1) is 5.60 Å². The predicted octanol–water partition coefficient (Wildman–Crippen LogP) is 1.12. The number of likely N-dealkylation sites (tertiary alicyclic amines) is 1. The molecule has 3 nitrogen and oxygen atoms in total. The Morgan fingerprint density at radius 3 is 2.60 bits per heavy atom. The minimum Gasteiger partial charge on any atom is -0.389 e. The van der Waals surface area contributed by atoms with E-state index in [4.69, 9.17) is 0 Å². The maximum absolute atomic E-state index is 10.5. The quantitative estimate of drug-likeness (QED) is 0.686. The number of nitrogens with one attached hydrogen (secondary N) is 1. The molecule has 5 heteroatoms. The molecule has 1 atom stereocenters. The molecule has 15 heavy (non-hydrogen) atoms. The fourth-order valence-corrected chi connectivity index (χ4v) is 3.27. The highest BCUT2D eigenvalue weighted by Gasteiger charge is 2.39. The summed E-state index contributed by atoms with van der Waals surface area (Å²) in [6, 6.07) is 0. The van der Waals surface area contributed by atoms with Crippen LogP contribution in [-0.2, 0) is 0 Å². The molecule has 2 N–H and O–H groups in total. The van der Waals surface area contributed by atoms with Gasteiger partial charge in [-0.3, -0.25) is 4.72 Å². The molecule has 0 bridgehead atoms. The molecule has 0 aliphatic carbocycles. The second kappa shape index (κ2) is 5.73. The number of halogens is 1. The summed E-state index contributed by atoms with van der Waals surface area (Å²) in [5.74, 6) is 1.61. The Kier molecular flexibility index (Phi) is 5.19. The lowest BCUT2D eigenvalue weighted by atomic mass is 9.78. The second-order valence-electron chi connectivity index (χ2n) is 4.59. The summed E-state index contributed by atoms with van der Waals surface area (Å²) in [6.45, 7) is 3.06. The van der Waals surface area contributed by atoms with E-state index >= 15 is 0 Å². The highest BCUT2D eigenvalue weighted by Crippen LogP contribution is 2.33. The summed E-state index contributed by atoms with van der Waals surface area (Å²) >= 11 is 1.79. The molecule has 0 saturated carbocycles. The molecule has 0 aromatic carbocycles. The first-order chi connectivity index (χ1) is 6.71. The molecule has 0 amide bonds. The number of nitrogens with zero attached hydrogens (tertiary/aromatic N) is 1. The van der Waals surface area contributed by atoms with Crippen LogP contribution in [0.5, 0.6) is 0 Å². The summed E-state index contributed by atoms with van der Waals surface area (Å²) in [4.78, 5) is 2.31. The van der Waals surface area contributed by atoms with E-state index in [1.807, 2.05) is 0 Å². The fourth-order valence-electron chi connectivity index (χ4n) is 2.41. The van der Waals surface area contributed by atoms with Gasteiger partial charge in [0.15, 0.2) is 0 Å². The third-order valence-corrected chi connectivity index (χ3v) is 4.42. The van der Waals surface area contributed by atoms with Gasteiger partial charge < -0.3 is 10.0 Å². The van der Waals surface area contributed by atoms with E-state index in [0.717, 1.165) is 44.6 Å². The Balaban J connectivity index is 0.00000112. The molecular formula is C10H21ClN2OS. The van der Waals surface area contributed by atoms with Crippen molar-refractivity contribution in [2.75, 3.05) is 32.4 Å². The van der Waals surface area contributed by atoms with Crippen LogP contribution < -0.4 is 4.72 Å². The Labute approximate surface area is 103 Å². The van der Waals surface area contributed by atoms with E-state index in [2.05, 4.69) is 16.7 Å². The third-order valence-electron chi connectivity index (χ3n) is 3.61. The van der Waals surface area contributed by atoms with Gasteiger partial charge >= 0.3 is 0 Å². The van der Waals surface area contributed by atoms with E-state index in [1.54, 1.807) is 11.9 Å². The summed E-state index contributed by atoms with van der Waals surface area (Å²) < 4.78 is 3.31. The highest BCUT2D eigenvalue weighted by atomic mass is 35.5. The lowest BCUT2D eigenvalue weighted by molar-refractivity contribution is -0.0629. The lowest BCUT2D eigenvalue weighted by Gasteiger charge is -2.43. The molecule has 0 radical (unpaired) electrons. The van der Waals surface area contributed by atoms with Gasteiger partial charge in [-0.2, -0.15) is 0 Å². The van der Waals surface area contributed by atoms with Crippen LogP contribution in [0.25, 0.3) is 0 Å². The van der Waals surface area contributed by atoms with Crippen LogP contribution in [0.2, 0.25) is 0 Å². The fraction of sp³-hybridized carbons (Fsp3) is 1.00. The van der Waals surface area contributed by atoms with Crippen molar-refractivity contribution in [3.63, 3.8) is 0 Å². The zero-order valence-electron chi connectivity index (χ0n) is 9.24. The van der Waals surface area contributed by atoms with Crippen LogP contribution in [0.4, 0.5) is 0 Å². The molecule has 0 aromatic heterocycles. The van der Waals surface area contributed by atoms with Crippen LogP contribution >= 0.6 is 24.4 Å². The molecule has 0 aromatic rings. The van der Waals surface area contributed by atoms with Gasteiger partial charge in [-0.25, -0.2) is 0 Å². The zero-order chi connectivity index (χ0) is 10.0. The summed E-state index contributed by atoms with van der Waals surface area (Å²) in [7, 11) is 2.13. The van der Waals surface area contributed by atoms with Gasteiger partial charge in [0.2, 0.25) is 0 Å². The number of rotatable bonds is 1. The largest absolute Gasteiger partial charge is 0.389 e. The van der Waals surface area contributed by atoms with Crippen molar-refractivity contribution in [1.82, 2.24) is 9.62 Å². The molecule has 2 fully saturated rings. The van der Waals surface area contributed by atoms with Crippen LogP contribution in [0.1, 0.15) is 19.3 Å². The van der Waals surface area contributed by atoms with Crippen molar-refractivity contribution in [2.24, 2.45) is 5.92 Å². The van der Waals surface area contributed by atoms with E-state index < -0.39 is 0 Å². The molecule has 0 spiro atoms. The Hall–Kier alpha value is 0.520. The standard InChI is InChI=1S/C10H20N2OS.ClH/c1-12-5-3-10(13,4-6-12)9-2-7-14-11-8-9;/h9,11,13H,2-8H2,1H3;1H. The van der Waals surface area contributed by atoms with Gasteiger partial charge in [-0.1, -0.05) is 11.9 Å². The van der Waals surface area contributed by atoms with Crippen molar-refractivity contribution < 1.29 is 5.11 Å². The van der Waals surface area contributed by atoms with Crippen molar-refractivity contribution in [3.8, 4) is 0 Å². The van der Waals surface area contributed by atoms with Crippen LogP contribution in [0.3, 0.4) is 0 Å². The van der Waals surface area contributed by atoms with E-state index in [1.165, 1.54) is 0 Å². The molecule has 2 aliphatic rings. The minimum atomic E-state index is -0.388. The molecular weight excluding hydrogens is 232 g/mol. The van der Waals surface area contributed by atoms with Crippen LogP contribution in [0.15, 0.2) is 0 Å². The van der Waals surface area contributed by atoms with Crippen molar-refractivity contribution in [3.05, 3.63) is 0 Å². The van der Waals surface area contributed by atoms with E-state index in [0.29, 0.717) is 5.92 Å². The van der Waals surface area contributed by atoms with Crippen molar-refractivity contribution >= 4 is 24.4 Å². The first kappa shape index (κ1) is 13.6. The monoisotopic (exact) mass is 252 g/mol. The zero-order valence-corrected chi connectivity index (χ0v) is 10.9. The second-order valence-corrected chi connectivity index (χ2v) is 5.57. The van der Waals surface area contributed by atoms with Gasteiger partial charge in [0.1, 0.15) is 0 Å². The first-order valence-corrected chi connectivity index (χ1v) is 6.45. The molecule has 2 saturated heterocycles. The van der Waals surface area contributed by atoms with E-state index in [-0.39, 0.29) is 18.0 Å². The van der Waals surface area contributed by atoms with Crippen molar-refractivity contribution in [2.45, 2.75) is 24.9 Å². The van der Waals surface area contributed by atoms with Gasteiger partial charge in [-0.05, 0) is 26.3 Å². The molecule has 2 heterocycles. The summed E-state index contributed by atoms with van der Waals surface area (Å²) in [5, 5.41) is 10.5. The van der Waals surface area contributed by atoms with Crippen LogP contribution in [0, 0.1) is 5.92 Å². The van der Waals surface area contributed by atoms with Crippen LogP contribution in [-0.4, -0.2) is 48.0 Å². The third kappa shape index (κ3) is 3.24. The predicted molar refractivity (Wildman–Crippen MR) is 67.5 cm³/mol. The normalized spacial score (nSPS) is 32.0. The number of hydrogen-bond acceptors (Lipinski definition) is 4. The summed E-state index contributed by atoms with van der Waals surface area (Å²) in [6.07, 6.45) is 3.05. The van der Waals surface area contributed by atoms with Gasteiger partial charge in [0.25, 0.3) is 0 Å². The minimum absolute atomic E-state index is 0. The highest BCUT2D eigenvalue weighted by molar-refractivity contribution is 7.97. The number of piperidine rings is 1. The Morgan fingerprint density at radius 1 is 1.40 bits per heavy atom. The molecule has 2 aliphatic heterocycles. The Bertz CT molecular complexity index is 192. The average molecular weight is 253 g/mol. The van der Waals surface area contributed by atoms with E-state index in [9.17, 15) is 5.11 Å². The Morgan fingerprint density at radius 2 is 2.07 bits per heavy atom. The molecule has 90 valence electrons. The van der Waals surface area contributed by atoms with Gasteiger partial charge in [0, 0.05) is 31.3 Å². The lowest BCUT2D eigenvalue weighted by Crippen LogP contribution is -2.51. The maximum atomic E-state index is 10.5. The number of aliphatic hydroxyl groups is 1. The van der Waals surface area contributed by atoms with Gasteiger partial charge in [-0.15, -0.1) is 12.4 Å². The molecule has 1 unspecified atom stereocenters. The summed E-state index contributed by atoms with van der Waals surface area (Å²) in [5.41, 5.74) is -0.388. The van der Waals surface area contributed by atoms with Crippen molar-refractivity contribution in [1.29, 1.82) is 0 Å². The first-order valence-electron chi connectivity index (χ1n) is 5.46.